The molecule has 0 fully saturated rings. The van der Waals surface area contributed by atoms with Crippen LogP contribution in [-0.4, -0.2) is 13.1 Å². The molecule has 0 unspecified atom stereocenters. The van der Waals surface area contributed by atoms with E-state index in [-0.39, 0.29) is 24.7 Å². The van der Waals surface area contributed by atoms with Gasteiger partial charge >= 0.3 is 18.9 Å². The van der Waals surface area contributed by atoms with Crippen LogP contribution in [0.4, 0.5) is 4.39 Å². The second kappa shape index (κ2) is 4.22. The van der Waals surface area contributed by atoms with Gasteiger partial charge in [0.2, 0.25) is 0 Å². The van der Waals surface area contributed by atoms with Crippen LogP contribution >= 0.6 is 0 Å². The Balaban J connectivity index is 0.00000121. The Morgan fingerprint density at radius 2 is 2.00 bits per heavy atom. The molecular formula is C8H11FLiNSi. The van der Waals surface area contributed by atoms with Crippen LogP contribution in [0, 0.1) is 11.9 Å². The summed E-state index contributed by atoms with van der Waals surface area (Å²) in [5.74, 6) is -0.216. The van der Waals surface area contributed by atoms with Gasteiger partial charge in [0.1, 0.15) is 0 Å². The zero-order chi connectivity index (χ0) is 8.48. The smallest absolute Gasteiger partial charge is 0.319 e. The van der Waals surface area contributed by atoms with Crippen molar-refractivity contribution in [2.24, 2.45) is 0 Å². The van der Waals surface area contributed by atoms with E-state index in [0.717, 1.165) is 0 Å². The van der Waals surface area contributed by atoms with Gasteiger partial charge in [-0.15, -0.1) is 0 Å². The maximum absolute atomic E-state index is 13.0. The van der Waals surface area contributed by atoms with E-state index in [1.54, 1.807) is 0 Å². The summed E-state index contributed by atoms with van der Waals surface area (Å²) in [7, 11) is -1.58. The van der Waals surface area contributed by atoms with Crippen LogP contribution in [0.1, 0.15) is 0 Å². The Morgan fingerprint density at radius 1 is 1.42 bits per heavy atom. The van der Waals surface area contributed by atoms with E-state index >= 15 is 0 Å². The van der Waals surface area contributed by atoms with Gasteiger partial charge in [-0.3, -0.25) is 0 Å². The summed E-state index contributed by atoms with van der Waals surface area (Å²) in [4.78, 5) is 3.98. The van der Waals surface area contributed by atoms with E-state index in [1.807, 2.05) is 0 Å². The Morgan fingerprint density at radius 3 is 2.33 bits per heavy atom. The van der Waals surface area contributed by atoms with Crippen molar-refractivity contribution in [3.8, 4) is 0 Å². The fourth-order valence-electron chi connectivity index (χ4n) is 0.894. The van der Waals surface area contributed by atoms with Gasteiger partial charge in [0.05, 0.1) is 8.07 Å². The van der Waals surface area contributed by atoms with E-state index in [2.05, 4.69) is 30.7 Å². The predicted octanol–water partition coefficient (Wildman–Crippen LogP) is -1.43. The normalized spacial score (nSPS) is 10.7. The molecule has 60 valence electrons. The zero-order valence-corrected chi connectivity index (χ0v) is 8.98. The quantitative estimate of drug-likeness (QED) is 0.377. The van der Waals surface area contributed by atoms with Crippen molar-refractivity contribution in [1.29, 1.82) is 0 Å². The molecule has 0 bridgehead atoms. The van der Waals surface area contributed by atoms with Crippen LogP contribution in [-0.2, 0) is 0 Å². The molecule has 4 heteroatoms. The molecule has 12 heavy (non-hydrogen) atoms. The molecule has 0 aliphatic rings. The number of nitrogens with zero attached hydrogens (tertiary/aromatic N) is 1. The molecule has 1 heterocycles. The van der Waals surface area contributed by atoms with Gasteiger partial charge in [0.25, 0.3) is 0 Å². The van der Waals surface area contributed by atoms with Gasteiger partial charge in [0, 0.05) is 0 Å². The topological polar surface area (TPSA) is 12.9 Å². The van der Waals surface area contributed by atoms with Gasteiger partial charge in [0.15, 0.2) is 0 Å². The van der Waals surface area contributed by atoms with E-state index in [4.69, 9.17) is 0 Å². The molecule has 0 aromatic carbocycles. The van der Waals surface area contributed by atoms with Crippen molar-refractivity contribution >= 4 is 13.4 Å². The molecule has 1 aromatic heterocycles. The number of halogens is 1. The molecule has 1 rings (SSSR count). The SMILES string of the molecule is C[Si](C)(C)c1nc[c-]cc1F.[Li+]. The fourth-order valence-corrected chi connectivity index (χ4v) is 2.13. The second-order valence-electron chi connectivity index (χ2n) is 3.52. The maximum Gasteiger partial charge on any atom is 1.00 e. The van der Waals surface area contributed by atoms with E-state index in [9.17, 15) is 4.39 Å². The minimum absolute atomic E-state index is 0. The minimum atomic E-state index is -1.58. The molecule has 0 N–H and O–H groups in total. The third kappa shape index (κ3) is 2.74. The van der Waals surface area contributed by atoms with Crippen molar-refractivity contribution in [2.45, 2.75) is 19.6 Å². The Bertz CT molecular complexity index is 259. The molecular weight excluding hydrogens is 164 g/mol. The predicted molar refractivity (Wildman–Crippen MR) is 46.0 cm³/mol. The second-order valence-corrected chi connectivity index (χ2v) is 8.49. The molecule has 0 radical (unpaired) electrons. The molecule has 0 aliphatic carbocycles. The number of aromatic nitrogens is 1. The largest absolute Gasteiger partial charge is 1.00 e. The van der Waals surface area contributed by atoms with E-state index < -0.39 is 8.07 Å². The first kappa shape index (κ1) is 11.9. The number of pyridine rings is 1. The molecule has 0 atom stereocenters. The average molecular weight is 175 g/mol. The fraction of sp³-hybridized carbons (Fsp3) is 0.375. The van der Waals surface area contributed by atoms with Gasteiger partial charge in [-0.2, -0.15) is 6.07 Å². The first-order valence-corrected chi connectivity index (χ1v) is 7.04. The van der Waals surface area contributed by atoms with Gasteiger partial charge < -0.3 is 9.37 Å². The maximum atomic E-state index is 13.0. The van der Waals surface area contributed by atoms with Crippen LogP contribution in [0.5, 0.6) is 0 Å². The minimum Gasteiger partial charge on any atom is -0.319 e. The first-order valence-electron chi connectivity index (χ1n) is 3.54. The third-order valence-corrected chi connectivity index (χ3v) is 3.20. The van der Waals surface area contributed by atoms with Crippen LogP contribution in [0.3, 0.4) is 0 Å². The number of rotatable bonds is 1. The molecule has 0 amide bonds. The molecule has 0 saturated carbocycles. The Hall–Kier alpha value is -0.106. The third-order valence-electron chi connectivity index (χ3n) is 1.41. The van der Waals surface area contributed by atoms with Crippen molar-refractivity contribution in [2.75, 3.05) is 0 Å². The van der Waals surface area contributed by atoms with Gasteiger partial charge in [-0.1, -0.05) is 25.8 Å². The van der Waals surface area contributed by atoms with Crippen molar-refractivity contribution < 1.29 is 23.3 Å². The Labute approximate surface area is 85.6 Å². The molecule has 0 saturated heterocycles. The summed E-state index contributed by atoms with van der Waals surface area (Å²) in [5.41, 5.74) is 0. The molecule has 1 nitrogen and oxygen atoms in total. The number of hydrogen-bond acceptors (Lipinski definition) is 1. The van der Waals surface area contributed by atoms with Crippen molar-refractivity contribution in [3.63, 3.8) is 0 Å². The monoisotopic (exact) mass is 175 g/mol. The summed E-state index contributed by atoms with van der Waals surface area (Å²) in [5, 5.41) is 0.635. The average Bonchev–Trinajstić information content (AvgIpc) is 1.86. The van der Waals surface area contributed by atoms with Crippen LogP contribution in [0.15, 0.2) is 12.3 Å². The summed E-state index contributed by atoms with van der Waals surface area (Å²) < 4.78 is 13.0. The van der Waals surface area contributed by atoms with Crippen molar-refractivity contribution in [3.05, 3.63) is 24.1 Å². The van der Waals surface area contributed by atoms with Crippen molar-refractivity contribution in [1.82, 2.24) is 4.98 Å². The van der Waals surface area contributed by atoms with E-state index in [0.29, 0.717) is 5.32 Å². The standard InChI is InChI=1S/C8H11FNSi.Li/c1-11(2,3)8-7(9)5-4-6-10-8;/h5-6H,1-3H3;/q-1;+1. The Kier molecular flexibility index (Phi) is 4.18. The number of hydrogen-bond donors (Lipinski definition) is 0. The molecule has 0 spiro atoms. The van der Waals surface area contributed by atoms with Crippen LogP contribution < -0.4 is 24.2 Å². The van der Waals surface area contributed by atoms with Gasteiger partial charge in [-0.25, -0.2) is 6.07 Å². The van der Waals surface area contributed by atoms with Crippen LogP contribution in [0.2, 0.25) is 19.6 Å². The summed E-state index contributed by atoms with van der Waals surface area (Å²) in [6, 6.07) is 3.96. The first-order chi connectivity index (χ1) is 5.02. The zero-order valence-electron chi connectivity index (χ0n) is 7.98. The van der Waals surface area contributed by atoms with Crippen LogP contribution in [0.25, 0.3) is 0 Å². The van der Waals surface area contributed by atoms with E-state index in [1.165, 1.54) is 12.3 Å². The molecule has 1 aromatic rings. The van der Waals surface area contributed by atoms with Gasteiger partial charge in [-0.05, 0) is 11.1 Å². The molecule has 0 aliphatic heterocycles. The summed E-state index contributed by atoms with van der Waals surface area (Å²) >= 11 is 0. The summed E-state index contributed by atoms with van der Waals surface area (Å²) in [6.45, 7) is 6.20. The summed E-state index contributed by atoms with van der Waals surface area (Å²) in [6.07, 6.45) is 1.52.